The molecule has 0 bridgehead atoms. The van der Waals surface area contributed by atoms with Gasteiger partial charge in [0.2, 0.25) is 0 Å². The number of methoxy groups -OCH3 is 2. The molecule has 2 fully saturated rings. The maximum absolute atomic E-state index is 5.44. The first kappa shape index (κ1) is 6.62. The third kappa shape index (κ3) is 0.453. The molecule has 58 valence electrons. The van der Waals surface area contributed by atoms with Crippen LogP contribution in [0.1, 0.15) is 25.7 Å². The van der Waals surface area contributed by atoms with Crippen LogP contribution in [-0.4, -0.2) is 25.4 Å². The van der Waals surface area contributed by atoms with Crippen LogP contribution in [0.5, 0.6) is 0 Å². The number of hydrogen-bond acceptors (Lipinski definition) is 2. The Morgan fingerprint density at radius 1 is 0.800 bits per heavy atom. The Kier molecular flexibility index (Phi) is 1.15. The molecule has 0 saturated heterocycles. The van der Waals surface area contributed by atoms with Crippen molar-refractivity contribution in [3.8, 4) is 0 Å². The second-order valence-electron chi connectivity index (χ2n) is 3.40. The van der Waals surface area contributed by atoms with E-state index >= 15 is 0 Å². The van der Waals surface area contributed by atoms with Gasteiger partial charge < -0.3 is 9.47 Å². The summed E-state index contributed by atoms with van der Waals surface area (Å²) in [5.74, 6) is 0. The first-order valence-electron chi connectivity index (χ1n) is 3.89. The molecule has 0 spiro atoms. The second-order valence-corrected chi connectivity index (χ2v) is 3.40. The molecule has 2 aliphatic rings. The highest BCUT2D eigenvalue weighted by molar-refractivity contribution is 5.19. The maximum atomic E-state index is 5.44. The smallest absolute Gasteiger partial charge is 0.0969 e. The van der Waals surface area contributed by atoms with E-state index in [-0.39, 0.29) is 11.2 Å². The van der Waals surface area contributed by atoms with Crippen molar-refractivity contribution in [2.75, 3.05) is 14.2 Å². The van der Waals surface area contributed by atoms with Crippen LogP contribution in [-0.2, 0) is 9.47 Å². The molecule has 0 radical (unpaired) electrons. The Hall–Kier alpha value is -0.0800. The number of rotatable bonds is 2. The highest BCUT2D eigenvalue weighted by atomic mass is 16.6. The van der Waals surface area contributed by atoms with Gasteiger partial charge in [-0.2, -0.15) is 0 Å². The summed E-state index contributed by atoms with van der Waals surface area (Å²) in [5, 5.41) is 0. The fourth-order valence-corrected chi connectivity index (χ4v) is 2.40. The molecule has 2 aliphatic carbocycles. The summed E-state index contributed by atoms with van der Waals surface area (Å²) in [6.45, 7) is 0. The summed E-state index contributed by atoms with van der Waals surface area (Å²) in [4.78, 5) is 0. The topological polar surface area (TPSA) is 18.5 Å². The molecule has 0 N–H and O–H groups in total. The Morgan fingerprint density at radius 2 is 1.10 bits per heavy atom. The van der Waals surface area contributed by atoms with E-state index in [1.807, 2.05) is 0 Å². The van der Waals surface area contributed by atoms with Gasteiger partial charge in [0.1, 0.15) is 0 Å². The summed E-state index contributed by atoms with van der Waals surface area (Å²) in [6, 6.07) is 0. The van der Waals surface area contributed by atoms with Crippen LogP contribution in [0.3, 0.4) is 0 Å². The van der Waals surface area contributed by atoms with Crippen molar-refractivity contribution in [2.24, 2.45) is 0 Å². The molecule has 10 heavy (non-hydrogen) atoms. The lowest BCUT2D eigenvalue weighted by Crippen LogP contribution is -2.72. The first-order chi connectivity index (χ1) is 4.79. The van der Waals surface area contributed by atoms with E-state index in [2.05, 4.69) is 0 Å². The molecule has 2 nitrogen and oxygen atoms in total. The van der Waals surface area contributed by atoms with Crippen molar-refractivity contribution < 1.29 is 9.47 Å². The van der Waals surface area contributed by atoms with Gasteiger partial charge in [-0.05, 0) is 25.7 Å². The van der Waals surface area contributed by atoms with Crippen LogP contribution >= 0.6 is 0 Å². The Balaban J connectivity index is 2.13. The molecule has 0 unspecified atom stereocenters. The van der Waals surface area contributed by atoms with Crippen LogP contribution < -0.4 is 0 Å². The average Bonchev–Trinajstić information content (AvgIpc) is 1.96. The standard InChI is InChI=1S/C8H14O2/c1-9-7-3-5-8(7,10-2)6-4-7/h3-6H2,1-2H3. The van der Waals surface area contributed by atoms with Crippen molar-refractivity contribution in [1.82, 2.24) is 0 Å². The zero-order valence-corrected chi connectivity index (χ0v) is 6.64. The van der Waals surface area contributed by atoms with Crippen molar-refractivity contribution in [3.05, 3.63) is 0 Å². The summed E-state index contributed by atoms with van der Waals surface area (Å²) >= 11 is 0. The van der Waals surface area contributed by atoms with Gasteiger partial charge in [-0.3, -0.25) is 0 Å². The van der Waals surface area contributed by atoms with E-state index in [1.165, 1.54) is 25.7 Å². The maximum Gasteiger partial charge on any atom is 0.0969 e. The summed E-state index contributed by atoms with van der Waals surface area (Å²) in [7, 11) is 3.60. The van der Waals surface area contributed by atoms with E-state index in [1.54, 1.807) is 14.2 Å². The Morgan fingerprint density at radius 3 is 1.20 bits per heavy atom. The quantitative estimate of drug-likeness (QED) is 0.579. The lowest BCUT2D eigenvalue weighted by Gasteiger charge is -2.65. The number of fused-ring (bicyclic) bond motifs is 1. The van der Waals surface area contributed by atoms with Gasteiger partial charge in [0.25, 0.3) is 0 Å². The molecule has 2 rings (SSSR count). The number of ether oxygens (including phenoxy) is 2. The van der Waals surface area contributed by atoms with E-state index in [0.29, 0.717) is 0 Å². The minimum Gasteiger partial charge on any atom is -0.375 e. The van der Waals surface area contributed by atoms with Gasteiger partial charge in [-0.25, -0.2) is 0 Å². The van der Waals surface area contributed by atoms with E-state index in [0.717, 1.165) is 0 Å². The molecule has 2 saturated carbocycles. The van der Waals surface area contributed by atoms with Gasteiger partial charge in [0.15, 0.2) is 0 Å². The molecule has 0 aromatic rings. The normalized spacial score (nSPS) is 51.0. The van der Waals surface area contributed by atoms with Crippen LogP contribution in [0.25, 0.3) is 0 Å². The van der Waals surface area contributed by atoms with E-state index in [9.17, 15) is 0 Å². The van der Waals surface area contributed by atoms with Crippen molar-refractivity contribution >= 4 is 0 Å². The minimum absolute atomic E-state index is 0.127. The van der Waals surface area contributed by atoms with Gasteiger partial charge in [0, 0.05) is 14.2 Å². The fraction of sp³-hybridized carbons (Fsp3) is 1.00. The fourth-order valence-electron chi connectivity index (χ4n) is 2.40. The molecule has 0 amide bonds. The van der Waals surface area contributed by atoms with Crippen molar-refractivity contribution in [2.45, 2.75) is 36.9 Å². The zero-order valence-electron chi connectivity index (χ0n) is 6.64. The highest BCUT2D eigenvalue weighted by Crippen LogP contribution is 2.61. The summed E-state index contributed by atoms with van der Waals surface area (Å²) in [5.41, 5.74) is 0.253. The van der Waals surface area contributed by atoms with E-state index < -0.39 is 0 Å². The van der Waals surface area contributed by atoms with Crippen molar-refractivity contribution in [3.63, 3.8) is 0 Å². The van der Waals surface area contributed by atoms with Gasteiger partial charge in [-0.1, -0.05) is 0 Å². The highest BCUT2D eigenvalue weighted by Gasteiger charge is 2.67. The predicted octanol–water partition coefficient (Wildman–Crippen LogP) is 1.34. The summed E-state index contributed by atoms with van der Waals surface area (Å²) in [6.07, 6.45) is 4.77. The molecule has 0 atom stereocenters. The molecule has 0 aromatic heterocycles. The third-order valence-electron chi connectivity index (χ3n) is 3.48. The average molecular weight is 142 g/mol. The van der Waals surface area contributed by atoms with E-state index in [4.69, 9.17) is 9.47 Å². The molecular weight excluding hydrogens is 128 g/mol. The third-order valence-corrected chi connectivity index (χ3v) is 3.48. The van der Waals surface area contributed by atoms with Crippen LogP contribution in [0.2, 0.25) is 0 Å². The molecule has 0 aliphatic heterocycles. The molecule has 0 heterocycles. The van der Waals surface area contributed by atoms with Crippen LogP contribution in [0, 0.1) is 0 Å². The van der Waals surface area contributed by atoms with Gasteiger partial charge >= 0.3 is 0 Å². The monoisotopic (exact) mass is 142 g/mol. The predicted molar refractivity (Wildman–Crippen MR) is 37.9 cm³/mol. The summed E-state index contributed by atoms with van der Waals surface area (Å²) < 4.78 is 10.9. The first-order valence-corrected chi connectivity index (χ1v) is 3.89. The van der Waals surface area contributed by atoms with Gasteiger partial charge in [0.05, 0.1) is 11.2 Å². The van der Waals surface area contributed by atoms with Crippen molar-refractivity contribution in [1.29, 1.82) is 0 Å². The number of hydrogen-bond donors (Lipinski definition) is 0. The molecule has 2 heteroatoms. The largest absolute Gasteiger partial charge is 0.375 e. The SMILES string of the molecule is COC12CCC1(OC)CC2. The van der Waals surface area contributed by atoms with Gasteiger partial charge in [-0.15, -0.1) is 0 Å². The zero-order chi connectivity index (χ0) is 7.24. The van der Waals surface area contributed by atoms with Crippen LogP contribution in [0.15, 0.2) is 0 Å². The Labute approximate surface area is 61.5 Å². The van der Waals surface area contributed by atoms with Crippen LogP contribution in [0.4, 0.5) is 0 Å². The lowest BCUT2D eigenvalue weighted by atomic mass is 9.51. The Bertz CT molecular complexity index is 116. The minimum atomic E-state index is 0.127. The lowest BCUT2D eigenvalue weighted by molar-refractivity contribution is -0.308. The molecule has 0 aromatic carbocycles. The molecular formula is C8H14O2. The second kappa shape index (κ2) is 1.74.